The largest absolute Gasteiger partial charge is 0.459 e. The lowest BCUT2D eigenvalue weighted by Gasteiger charge is -2.34. The quantitative estimate of drug-likeness (QED) is 0.834. The molecular formula is C22H26N2O3. The van der Waals surface area contributed by atoms with Gasteiger partial charge in [0.15, 0.2) is 5.76 Å². The Balaban J connectivity index is 1.34. The summed E-state index contributed by atoms with van der Waals surface area (Å²) in [6, 6.07) is 14.1. The van der Waals surface area contributed by atoms with Gasteiger partial charge in [0.1, 0.15) is 0 Å². The van der Waals surface area contributed by atoms with Gasteiger partial charge in [0, 0.05) is 31.6 Å². The number of furan rings is 1. The number of nitrogens with zero attached hydrogens (tertiary/aromatic N) is 2. The summed E-state index contributed by atoms with van der Waals surface area (Å²) in [5.74, 6) is 0.608. The zero-order valence-corrected chi connectivity index (χ0v) is 15.5. The lowest BCUT2D eigenvalue weighted by Crippen LogP contribution is -2.46. The summed E-state index contributed by atoms with van der Waals surface area (Å²) < 4.78 is 5.21. The van der Waals surface area contributed by atoms with E-state index in [2.05, 4.69) is 29.2 Å². The fraction of sp³-hybridized carbons (Fsp3) is 0.455. The maximum atomic E-state index is 13.1. The van der Waals surface area contributed by atoms with E-state index in [1.54, 1.807) is 17.0 Å². The number of hydrogen-bond donors (Lipinski definition) is 0. The highest BCUT2D eigenvalue weighted by atomic mass is 16.3. The third kappa shape index (κ3) is 3.92. The fourth-order valence-electron chi connectivity index (χ4n) is 4.34. The summed E-state index contributed by atoms with van der Waals surface area (Å²) in [6.07, 6.45) is 6.08. The minimum Gasteiger partial charge on any atom is -0.459 e. The third-order valence-electron chi connectivity index (χ3n) is 5.84. The fourth-order valence-corrected chi connectivity index (χ4v) is 4.34. The molecule has 5 heteroatoms. The predicted octanol–water partition coefficient (Wildman–Crippen LogP) is 3.37. The predicted molar refractivity (Wildman–Crippen MR) is 102 cm³/mol. The molecule has 2 saturated heterocycles. The Morgan fingerprint density at radius 3 is 2.44 bits per heavy atom. The van der Waals surface area contributed by atoms with Crippen LogP contribution in [0.2, 0.25) is 0 Å². The first-order chi connectivity index (χ1) is 13.2. The standard InChI is InChI=1S/C22H26N2O3/c25-21(24-12-4-8-19(24)16-17-6-2-1-3-7-17)18-10-13-23(14-11-18)22(26)20-9-5-15-27-20/h1-3,5-7,9,15,18-19H,4,8,10-14,16H2. The van der Waals surface area contributed by atoms with Crippen LogP contribution < -0.4 is 0 Å². The summed E-state index contributed by atoms with van der Waals surface area (Å²) in [4.78, 5) is 29.4. The molecule has 3 heterocycles. The van der Waals surface area contributed by atoms with Crippen LogP contribution in [0.1, 0.15) is 41.8 Å². The van der Waals surface area contributed by atoms with Gasteiger partial charge >= 0.3 is 0 Å². The number of rotatable bonds is 4. The van der Waals surface area contributed by atoms with Crippen LogP contribution in [0, 0.1) is 5.92 Å². The molecule has 0 bridgehead atoms. The molecule has 1 unspecified atom stereocenters. The minimum absolute atomic E-state index is 0.0297. The molecule has 5 nitrogen and oxygen atoms in total. The van der Waals surface area contributed by atoms with E-state index in [1.807, 2.05) is 6.07 Å². The maximum Gasteiger partial charge on any atom is 0.289 e. The van der Waals surface area contributed by atoms with E-state index in [0.29, 0.717) is 24.9 Å². The van der Waals surface area contributed by atoms with Crippen LogP contribution in [0.3, 0.4) is 0 Å². The van der Waals surface area contributed by atoms with Crippen LogP contribution in [-0.4, -0.2) is 47.3 Å². The van der Waals surface area contributed by atoms with Crippen molar-refractivity contribution in [3.63, 3.8) is 0 Å². The molecule has 0 N–H and O–H groups in total. The van der Waals surface area contributed by atoms with Gasteiger partial charge in [-0.2, -0.15) is 0 Å². The number of piperidine rings is 1. The first kappa shape index (κ1) is 17.8. The Labute approximate surface area is 159 Å². The molecule has 0 spiro atoms. The summed E-state index contributed by atoms with van der Waals surface area (Å²) in [5, 5.41) is 0. The average molecular weight is 366 g/mol. The zero-order chi connectivity index (χ0) is 18.6. The van der Waals surface area contributed by atoms with Crippen LogP contribution >= 0.6 is 0 Å². The van der Waals surface area contributed by atoms with Crippen molar-refractivity contribution in [2.45, 2.75) is 38.1 Å². The van der Waals surface area contributed by atoms with Crippen LogP contribution in [-0.2, 0) is 11.2 Å². The van der Waals surface area contributed by atoms with Crippen LogP contribution in [0.5, 0.6) is 0 Å². The molecule has 2 fully saturated rings. The lowest BCUT2D eigenvalue weighted by atomic mass is 9.94. The number of amides is 2. The second kappa shape index (κ2) is 7.99. The number of likely N-dealkylation sites (tertiary alicyclic amines) is 2. The van der Waals surface area contributed by atoms with Crippen LogP contribution in [0.4, 0.5) is 0 Å². The Morgan fingerprint density at radius 1 is 0.963 bits per heavy atom. The average Bonchev–Trinajstić information content (AvgIpc) is 3.40. The Kier molecular flexibility index (Phi) is 5.28. The van der Waals surface area contributed by atoms with Gasteiger partial charge in [0.25, 0.3) is 5.91 Å². The van der Waals surface area contributed by atoms with E-state index in [-0.39, 0.29) is 17.7 Å². The normalized spacial score (nSPS) is 20.8. The molecular weight excluding hydrogens is 340 g/mol. The summed E-state index contributed by atoms with van der Waals surface area (Å²) >= 11 is 0. The van der Waals surface area contributed by atoms with E-state index in [0.717, 1.165) is 38.6 Å². The second-order valence-electron chi connectivity index (χ2n) is 7.56. The molecule has 2 aromatic rings. The lowest BCUT2D eigenvalue weighted by molar-refractivity contribution is -0.137. The molecule has 4 rings (SSSR count). The third-order valence-corrected chi connectivity index (χ3v) is 5.84. The molecule has 0 radical (unpaired) electrons. The highest BCUT2D eigenvalue weighted by Gasteiger charge is 2.35. The van der Waals surface area contributed by atoms with Crippen molar-refractivity contribution in [2.75, 3.05) is 19.6 Å². The summed E-state index contributed by atoms with van der Waals surface area (Å²) in [6.45, 7) is 2.10. The summed E-state index contributed by atoms with van der Waals surface area (Å²) in [5.41, 5.74) is 1.29. The van der Waals surface area contributed by atoms with Crippen molar-refractivity contribution in [2.24, 2.45) is 5.92 Å². The van der Waals surface area contributed by atoms with E-state index in [4.69, 9.17) is 4.42 Å². The van der Waals surface area contributed by atoms with Crippen molar-refractivity contribution >= 4 is 11.8 Å². The second-order valence-corrected chi connectivity index (χ2v) is 7.56. The van der Waals surface area contributed by atoms with Gasteiger partial charge in [-0.05, 0) is 49.8 Å². The first-order valence-electron chi connectivity index (χ1n) is 9.89. The number of carbonyl (C=O) groups excluding carboxylic acids is 2. The smallest absolute Gasteiger partial charge is 0.289 e. The maximum absolute atomic E-state index is 13.1. The topological polar surface area (TPSA) is 53.8 Å². The Hall–Kier alpha value is -2.56. The molecule has 2 amide bonds. The zero-order valence-electron chi connectivity index (χ0n) is 15.5. The van der Waals surface area contributed by atoms with Crippen molar-refractivity contribution < 1.29 is 14.0 Å². The van der Waals surface area contributed by atoms with Crippen molar-refractivity contribution in [1.82, 2.24) is 9.80 Å². The molecule has 2 aliphatic heterocycles. The molecule has 1 aromatic carbocycles. The number of benzene rings is 1. The molecule has 27 heavy (non-hydrogen) atoms. The number of carbonyl (C=O) groups is 2. The van der Waals surface area contributed by atoms with Crippen LogP contribution in [0.15, 0.2) is 53.1 Å². The van der Waals surface area contributed by atoms with E-state index in [1.165, 1.54) is 11.8 Å². The molecule has 142 valence electrons. The van der Waals surface area contributed by atoms with Crippen molar-refractivity contribution in [1.29, 1.82) is 0 Å². The van der Waals surface area contributed by atoms with Gasteiger partial charge in [-0.1, -0.05) is 30.3 Å². The van der Waals surface area contributed by atoms with E-state index in [9.17, 15) is 9.59 Å². The van der Waals surface area contributed by atoms with Gasteiger partial charge in [-0.15, -0.1) is 0 Å². The molecule has 0 aliphatic carbocycles. The van der Waals surface area contributed by atoms with Gasteiger partial charge in [0.05, 0.1) is 6.26 Å². The van der Waals surface area contributed by atoms with Crippen molar-refractivity contribution in [3.05, 3.63) is 60.1 Å². The Bertz CT molecular complexity index is 764. The van der Waals surface area contributed by atoms with E-state index < -0.39 is 0 Å². The van der Waals surface area contributed by atoms with Gasteiger partial charge in [-0.3, -0.25) is 9.59 Å². The number of hydrogen-bond acceptors (Lipinski definition) is 3. The minimum atomic E-state index is -0.0750. The summed E-state index contributed by atoms with van der Waals surface area (Å²) in [7, 11) is 0. The van der Waals surface area contributed by atoms with Crippen molar-refractivity contribution in [3.8, 4) is 0 Å². The highest BCUT2D eigenvalue weighted by Crippen LogP contribution is 2.27. The van der Waals surface area contributed by atoms with Gasteiger partial charge in [0.2, 0.25) is 5.91 Å². The van der Waals surface area contributed by atoms with Gasteiger partial charge < -0.3 is 14.2 Å². The molecule has 2 aliphatic rings. The molecule has 0 saturated carbocycles. The molecule has 1 atom stereocenters. The Morgan fingerprint density at radius 2 is 1.74 bits per heavy atom. The van der Waals surface area contributed by atoms with Crippen LogP contribution in [0.25, 0.3) is 0 Å². The molecule has 1 aromatic heterocycles. The monoisotopic (exact) mass is 366 g/mol. The first-order valence-corrected chi connectivity index (χ1v) is 9.89. The van der Waals surface area contributed by atoms with E-state index >= 15 is 0 Å². The highest BCUT2D eigenvalue weighted by molar-refractivity contribution is 5.91. The van der Waals surface area contributed by atoms with Gasteiger partial charge in [-0.25, -0.2) is 0 Å². The SMILES string of the molecule is O=C(c1ccco1)N1CCC(C(=O)N2CCCC2Cc2ccccc2)CC1.